The molecule has 1 aliphatic carbocycles. The van der Waals surface area contributed by atoms with Gasteiger partial charge in [0.2, 0.25) is 0 Å². The molecule has 4 atom stereocenters. The number of benzene rings is 1. The maximum atomic E-state index is 9.01. The lowest BCUT2D eigenvalue weighted by molar-refractivity contribution is 0.0973. The van der Waals surface area contributed by atoms with E-state index in [2.05, 4.69) is 41.5 Å². The highest BCUT2D eigenvalue weighted by Gasteiger charge is 2.43. The maximum absolute atomic E-state index is 9.01. The van der Waals surface area contributed by atoms with Crippen molar-refractivity contribution in [2.24, 2.45) is 5.92 Å². The molecular formula is C17H21N3. The molecule has 3 heteroatoms. The van der Waals surface area contributed by atoms with Crippen LogP contribution in [0.4, 0.5) is 5.69 Å². The van der Waals surface area contributed by atoms with Gasteiger partial charge < -0.3 is 10.2 Å². The van der Waals surface area contributed by atoms with Crippen LogP contribution >= 0.6 is 0 Å². The first-order chi connectivity index (χ1) is 9.78. The molecule has 0 aromatic heterocycles. The number of nitrogens with zero attached hydrogens (tertiary/aromatic N) is 2. The third-order valence-corrected chi connectivity index (χ3v) is 5.56. The number of rotatable bonds is 1. The van der Waals surface area contributed by atoms with Crippen LogP contribution in [-0.4, -0.2) is 31.1 Å². The lowest BCUT2D eigenvalue weighted by Gasteiger charge is -2.47. The van der Waals surface area contributed by atoms with Crippen LogP contribution in [0.3, 0.4) is 0 Å². The van der Waals surface area contributed by atoms with Crippen LogP contribution in [-0.2, 0) is 0 Å². The number of nitrogens with one attached hydrogen (secondary N) is 1. The average Bonchev–Trinajstić information content (AvgIpc) is 2.86. The molecule has 2 aliphatic heterocycles. The molecule has 1 aromatic carbocycles. The van der Waals surface area contributed by atoms with Crippen LogP contribution in [0, 0.1) is 17.2 Å². The highest BCUT2D eigenvalue weighted by molar-refractivity contribution is 5.63. The number of likely N-dealkylation sites (N-methyl/N-ethyl adjacent to an activating group) is 1. The molecule has 0 bridgehead atoms. The highest BCUT2D eigenvalue weighted by atomic mass is 15.1. The van der Waals surface area contributed by atoms with Gasteiger partial charge in [-0.25, -0.2) is 0 Å². The molecule has 2 heterocycles. The van der Waals surface area contributed by atoms with E-state index in [1.807, 2.05) is 0 Å². The fraction of sp³-hybridized carbons (Fsp3) is 0.588. The fourth-order valence-electron chi connectivity index (χ4n) is 4.74. The first-order valence-electron chi connectivity index (χ1n) is 7.71. The Balaban J connectivity index is 1.74. The second-order valence-electron chi connectivity index (χ2n) is 6.70. The molecule has 3 nitrogen and oxygen atoms in total. The van der Waals surface area contributed by atoms with E-state index in [9.17, 15) is 0 Å². The topological polar surface area (TPSA) is 39.1 Å². The largest absolute Gasteiger partial charge is 0.384 e. The Bertz CT molecular complexity index is 574. The average molecular weight is 267 g/mol. The SMILES string of the molecule is CN1CC(CC#N)CC2c3cccc4c3C(CN4)C[C@H]21. The number of fused-ring (bicyclic) bond motifs is 2. The zero-order chi connectivity index (χ0) is 13.7. The molecule has 0 spiro atoms. The summed E-state index contributed by atoms with van der Waals surface area (Å²) in [7, 11) is 2.25. The van der Waals surface area contributed by atoms with E-state index in [0.29, 0.717) is 30.2 Å². The van der Waals surface area contributed by atoms with Crippen molar-refractivity contribution in [2.75, 3.05) is 25.5 Å². The Labute approximate surface area is 120 Å². The first kappa shape index (κ1) is 12.2. The third kappa shape index (κ3) is 1.68. The summed E-state index contributed by atoms with van der Waals surface area (Å²) in [4.78, 5) is 2.52. The van der Waals surface area contributed by atoms with Gasteiger partial charge in [-0.1, -0.05) is 12.1 Å². The van der Waals surface area contributed by atoms with E-state index in [4.69, 9.17) is 5.26 Å². The molecule has 3 unspecified atom stereocenters. The molecule has 1 aromatic rings. The summed E-state index contributed by atoms with van der Waals surface area (Å²) in [5, 5.41) is 12.6. The summed E-state index contributed by atoms with van der Waals surface area (Å²) >= 11 is 0. The van der Waals surface area contributed by atoms with Crippen molar-refractivity contribution < 1.29 is 0 Å². The lowest BCUT2D eigenvalue weighted by atomic mass is 9.68. The van der Waals surface area contributed by atoms with Gasteiger partial charge in [0.25, 0.3) is 0 Å². The number of anilines is 1. The van der Waals surface area contributed by atoms with E-state index in [1.54, 1.807) is 11.1 Å². The van der Waals surface area contributed by atoms with Gasteiger partial charge in [0, 0.05) is 43.1 Å². The molecule has 1 fully saturated rings. The normalized spacial score (nSPS) is 34.8. The fourth-order valence-corrected chi connectivity index (χ4v) is 4.74. The van der Waals surface area contributed by atoms with Crippen LogP contribution in [0.5, 0.6) is 0 Å². The maximum Gasteiger partial charge on any atom is 0.0625 e. The number of nitriles is 1. The molecular weight excluding hydrogens is 246 g/mol. The Kier molecular flexibility index (Phi) is 2.75. The molecule has 0 saturated carbocycles. The van der Waals surface area contributed by atoms with Gasteiger partial charge in [-0.2, -0.15) is 5.26 Å². The van der Waals surface area contributed by atoms with Crippen molar-refractivity contribution in [1.82, 2.24) is 4.90 Å². The van der Waals surface area contributed by atoms with Gasteiger partial charge in [-0.3, -0.25) is 0 Å². The minimum Gasteiger partial charge on any atom is -0.384 e. The Morgan fingerprint density at radius 3 is 3.15 bits per heavy atom. The summed E-state index contributed by atoms with van der Waals surface area (Å²) < 4.78 is 0. The minimum absolute atomic E-state index is 0.535. The van der Waals surface area contributed by atoms with Gasteiger partial charge in [0.05, 0.1) is 6.07 Å². The predicted octanol–water partition coefficient (Wildman–Crippen LogP) is 2.92. The molecule has 0 amide bonds. The quantitative estimate of drug-likeness (QED) is 0.850. The highest BCUT2D eigenvalue weighted by Crippen LogP contribution is 2.50. The third-order valence-electron chi connectivity index (χ3n) is 5.56. The summed E-state index contributed by atoms with van der Waals surface area (Å²) in [6, 6.07) is 9.78. The van der Waals surface area contributed by atoms with E-state index < -0.39 is 0 Å². The minimum atomic E-state index is 0.535. The molecule has 1 saturated heterocycles. The molecule has 0 radical (unpaired) electrons. The van der Waals surface area contributed by atoms with Gasteiger partial charge in [0.15, 0.2) is 0 Å². The van der Waals surface area contributed by atoms with E-state index in [1.165, 1.54) is 18.5 Å². The zero-order valence-corrected chi connectivity index (χ0v) is 12.0. The van der Waals surface area contributed by atoms with Crippen molar-refractivity contribution >= 4 is 5.69 Å². The van der Waals surface area contributed by atoms with Gasteiger partial charge in [-0.15, -0.1) is 0 Å². The van der Waals surface area contributed by atoms with Crippen molar-refractivity contribution in [2.45, 2.75) is 37.1 Å². The van der Waals surface area contributed by atoms with E-state index >= 15 is 0 Å². The Morgan fingerprint density at radius 1 is 1.40 bits per heavy atom. The molecule has 20 heavy (non-hydrogen) atoms. The van der Waals surface area contributed by atoms with Crippen LogP contribution in [0.15, 0.2) is 18.2 Å². The summed E-state index contributed by atoms with van der Waals surface area (Å²) in [6.45, 7) is 2.19. The second-order valence-corrected chi connectivity index (χ2v) is 6.70. The summed E-state index contributed by atoms with van der Waals surface area (Å²) in [5.74, 6) is 1.85. The predicted molar refractivity (Wildman–Crippen MR) is 79.8 cm³/mol. The van der Waals surface area contributed by atoms with Crippen LogP contribution in [0.25, 0.3) is 0 Å². The Hall–Kier alpha value is -1.53. The summed E-state index contributed by atoms with van der Waals surface area (Å²) in [6.07, 6.45) is 3.16. The van der Waals surface area contributed by atoms with Gasteiger partial charge in [-0.05, 0) is 43.0 Å². The van der Waals surface area contributed by atoms with Crippen LogP contribution in [0.2, 0.25) is 0 Å². The van der Waals surface area contributed by atoms with Crippen molar-refractivity contribution in [1.29, 1.82) is 5.26 Å². The zero-order valence-electron chi connectivity index (χ0n) is 12.0. The standard InChI is InChI=1S/C17H21N3/c1-20-10-11(5-6-18)7-14-13-3-2-4-15-17(13)12(9-19-15)8-16(14)20/h2-4,11-12,14,16,19H,5,7-10H2,1H3/t11?,12?,14?,16-/m1/s1. The van der Waals surface area contributed by atoms with E-state index in [0.717, 1.165) is 13.1 Å². The molecule has 1 N–H and O–H groups in total. The van der Waals surface area contributed by atoms with Crippen molar-refractivity contribution in [3.63, 3.8) is 0 Å². The monoisotopic (exact) mass is 267 g/mol. The van der Waals surface area contributed by atoms with Crippen molar-refractivity contribution in [3.8, 4) is 6.07 Å². The lowest BCUT2D eigenvalue weighted by Crippen LogP contribution is -2.48. The van der Waals surface area contributed by atoms with Crippen LogP contribution in [0.1, 0.15) is 42.2 Å². The summed E-state index contributed by atoms with van der Waals surface area (Å²) in [5.41, 5.74) is 4.50. The molecule has 4 rings (SSSR count). The van der Waals surface area contributed by atoms with E-state index in [-0.39, 0.29) is 0 Å². The molecule has 104 valence electrons. The smallest absolute Gasteiger partial charge is 0.0625 e. The van der Waals surface area contributed by atoms with Gasteiger partial charge >= 0.3 is 0 Å². The first-order valence-corrected chi connectivity index (χ1v) is 7.71. The Morgan fingerprint density at radius 2 is 2.30 bits per heavy atom. The van der Waals surface area contributed by atoms with Crippen LogP contribution < -0.4 is 5.32 Å². The number of likely N-dealkylation sites (tertiary alicyclic amines) is 1. The number of hydrogen-bond donors (Lipinski definition) is 1. The number of piperidine rings is 1. The number of hydrogen-bond acceptors (Lipinski definition) is 3. The van der Waals surface area contributed by atoms with Gasteiger partial charge in [0.1, 0.15) is 0 Å². The second kappa shape index (κ2) is 4.49. The van der Waals surface area contributed by atoms with Crippen molar-refractivity contribution in [3.05, 3.63) is 29.3 Å². The molecule has 3 aliphatic rings.